The molecule has 0 aliphatic heterocycles. The van der Waals surface area contributed by atoms with E-state index in [1.807, 2.05) is 31.2 Å². The van der Waals surface area contributed by atoms with Gasteiger partial charge in [0.05, 0.1) is 12.0 Å². The number of nitrogens with zero attached hydrogens (tertiary/aromatic N) is 2. The predicted molar refractivity (Wildman–Crippen MR) is 111 cm³/mol. The molecule has 3 aromatic rings. The van der Waals surface area contributed by atoms with Gasteiger partial charge in [-0.1, -0.05) is 36.7 Å². The summed E-state index contributed by atoms with van der Waals surface area (Å²) >= 11 is 0. The van der Waals surface area contributed by atoms with Crippen LogP contribution < -0.4 is 4.72 Å². The average Bonchev–Trinajstić information content (AvgIpc) is 3.22. The van der Waals surface area contributed by atoms with Gasteiger partial charge in [0.15, 0.2) is 0 Å². The van der Waals surface area contributed by atoms with Crippen LogP contribution in [0.25, 0.3) is 22.8 Å². The van der Waals surface area contributed by atoms with Crippen molar-refractivity contribution in [2.45, 2.75) is 31.7 Å². The standard InChI is InChI=1S/C21H23N3O5S/c1-13(2)18(21(25)28-4)24-30(26,27)17-11-9-15(10-12-17)19-22-20(29-23-19)16-7-5-14(3)6-8-16/h5-13,18,24H,1-4H3. The lowest BCUT2D eigenvalue weighted by atomic mass is 10.1. The van der Waals surface area contributed by atoms with Crippen LogP contribution in [-0.4, -0.2) is 37.7 Å². The van der Waals surface area contributed by atoms with Crippen molar-refractivity contribution >= 4 is 16.0 Å². The molecular weight excluding hydrogens is 406 g/mol. The van der Waals surface area contributed by atoms with Crippen molar-refractivity contribution in [3.63, 3.8) is 0 Å². The van der Waals surface area contributed by atoms with Gasteiger partial charge < -0.3 is 9.26 Å². The van der Waals surface area contributed by atoms with Crippen LogP contribution >= 0.6 is 0 Å². The third-order valence-corrected chi connectivity index (χ3v) is 6.01. The minimum atomic E-state index is -3.92. The van der Waals surface area contributed by atoms with Gasteiger partial charge in [0.2, 0.25) is 15.8 Å². The maximum absolute atomic E-state index is 12.7. The highest BCUT2D eigenvalue weighted by molar-refractivity contribution is 7.89. The largest absolute Gasteiger partial charge is 0.468 e. The van der Waals surface area contributed by atoms with Crippen LogP contribution in [0, 0.1) is 12.8 Å². The highest BCUT2D eigenvalue weighted by Crippen LogP contribution is 2.24. The third kappa shape index (κ3) is 4.74. The quantitative estimate of drug-likeness (QED) is 0.574. The Kier molecular flexibility index (Phi) is 6.33. The van der Waals surface area contributed by atoms with Gasteiger partial charge in [-0.2, -0.15) is 9.71 Å². The van der Waals surface area contributed by atoms with Gasteiger partial charge in [-0.25, -0.2) is 8.42 Å². The molecule has 2 aromatic carbocycles. The first-order chi connectivity index (χ1) is 14.2. The molecule has 0 saturated heterocycles. The summed E-state index contributed by atoms with van der Waals surface area (Å²) in [5.41, 5.74) is 2.52. The van der Waals surface area contributed by atoms with Gasteiger partial charge in [-0.3, -0.25) is 4.79 Å². The van der Waals surface area contributed by atoms with E-state index in [0.717, 1.165) is 11.1 Å². The van der Waals surface area contributed by atoms with Crippen molar-refractivity contribution in [2.75, 3.05) is 7.11 Å². The van der Waals surface area contributed by atoms with E-state index in [0.29, 0.717) is 17.3 Å². The Bertz CT molecular complexity index is 1120. The number of rotatable bonds is 7. The fourth-order valence-corrected chi connectivity index (χ4v) is 4.09. The topological polar surface area (TPSA) is 111 Å². The lowest BCUT2D eigenvalue weighted by Gasteiger charge is -2.19. The summed E-state index contributed by atoms with van der Waals surface area (Å²) in [5.74, 6) is -0.190. The van der Waals surface area contributed by atoms with Crippen molar-refractivity contribution in [1.29, 1.82) is 0 Å². The Morgan fingerprint density at radius 2 is 1.63 bits per heavy atom. The monoisotopic (exact) mass is 429 g/mol. The highest BCUT2D eigenvalue weighted by atomic mass is 32.2. The number of aryl methyl sites for hydroxylation is 1. The second kappa shape index (κ2) is 8.76. The molecule has 0 spiro atoms. The minimum Gasteiger partial charge on any atom is -0.468 e. The summed E-state index contributed by atoms with van der Waals surface area (Å²) in [6.45, 7) is 5.45. The molecule has 0 aliphatic carbocycles. The molecular formula is C21H23N3O5S. The predicted octanol–water partition coefficient (Wildman–Crippen LogP) is 3.19. The molecule has 0 radical (unpaired) electrons. The van der Waals surface area contributed by atoms with Crippen molar-refractivity contribution in [3.05, 3.63) is 54.1 Å². The number of methoxy groups -OCH3 is 1. The summed E-state index contributed by atoms with van der Waals surface area (Å²) in [7, 11) is -2.70. The molecule has 1 aromatic heterocycles. The molecule has 3 rings (SSSR count). The molecule has 1 atom stereocenters. The zero-order chi connectivity index (χ0) is 21.9. The normalized spacial score (nSPS) is 12.7. The number of aromatic nitrogens is 2. The van der Waals surface area contributed by atoms with Crippen LogP contribution in [0.4, 0.5) is 0 Å². The Hall–Kier alpha value is -3.04. The van der Waals surface area contributed by atoms with Crippen LogP contribution in [0.1, 0.15) is 19.4 Å². The summed E-state index contributed by atoms with van der Waals surface area (Å²) in [6.07, 6.45) is 0. The number of esters is 1. The smallest absolute Gasteiger partial charge is 0.324 e. The number of hydrogen-bond donors (Lipinski definition) is 1. The second-order valence-electron chi connectivity index (χ2n) is 7.18. The van der Waals surface area contributed by atoms with E-state index in [4.69, 9.17) is 4.52 Å². The highest BCUT2D eigenvalue weighted by Gasteiger charge is 2.29. The van der Waals surface area contributed by atoms with Crippen LogP contribution in [0.15, 0.2) is 57.9 Å². The molecule has 1 N–H and O–H groups in total. The molecule has 0 aliphatic rings. The summed E-state index contributed by atoms with van der Waals surface area (Å²) in [4.78, 5) is 16.3. The van der Waals surface area contributed by atoms with Crippen molar-refractivity contribution < 1.29 is 22.5 Å². The molecule has 8 nitrogen and oxygen atoms in total. The Labute approximate surface area is 175 Å². The number of sulfonamides is 1. The fourth-order valence-electron chi connectivity index (χ4n) is 2.76. The summed E-state index contributed by atoms with van der Waals surface area (Å²) in [6, 6.07) is 12.7. The number of ether oxygens (including phenoxy) is 1. The van der Waals surface area contributed by atoms with E-state index in [1.165, 1.54) is 19.2 Å². The number of benzene rings is 2. The lowest BCUT2D eigenvalue weighted by Crippen LogP contribution is -2.44. The van der Waals surface area contributed by atoms with Gasteiger partial charge in [0, 0.05) is 11.1 Å². The number of carbonyl (C=O) groups excluding carboxylic acids is 1. The summed E-state index contributed by atoms with van der Waals surface area (Å²) < 4.78 is 37.7. The van der Waals surface area contributed by atoms with Crippen molar-refractivity contribution in [3.8, 4) is 22.8 Å². The molecule has 158 valence electrons. The molecule has 9 heteroatoms. The van der Waals surface area contributed by atoms with Crippen LogP contribution in [0.2, 0.25) is 0 Å². The van der Waals surface area contributed by atoms with E-state index >= 15 is 0 Å². The van der Waals surface area contributed by atoms with Crippen LogP contribution in [0.3, 0.4) is 0 Å². The van der Waals surface area contributed by atoms with Crippen LogP contribution in [-0.2, 0) is 19.6 Å². The van der Waals surface area contributed by atoms with Gasteiger partial charge in [0.25, 0.3) is 5.89 Å². The number of nitrogens with one attached hydrogen (secondary N) is 1. The van der Waals surface area contributed by atoms with E-state index in [-0.39, 0.29) is 10.8 Å². The van der Waals surface area contributed by atoms with E-state index in [1.54, 1.807) is 26.0 Å². The number of hydrogen-bond acceptors (Lipinski definition) is 7. The molecule has 1 heterocycles. The van der Waals surface area contributed by atoms with Gasteiger partial charge >= 0.3 is 5.97 Å². The molecule has 0 fully saturated rings. The van der Waals surface area contributed by atoms with Crippen molar-refractivity contribution in [1.82, 2.24) is 14.9 Å². The first-order valence-corrected chi connectivity index (χ1v) is 10.8. The third-order valence-electron chi connectivity index (χ3n) is 4.55. The fraction of sp³-hybridized carbons (Fsp3) is 0.286. The second-order valence-corrected chi connectivity index (χ2v) is 8.89. The van der Waals surface area contributed by atoms with E-state index < -0.39 is 22.0 Å². The Morgan fingerprint density at radius 1 is 1.03 bits per heavy atom. The number of carbonyl (C=O) groups is 1. The Balaban J connectivity index is 1.81. The van der Waals surface area contributed by atoms with Gasteiger partial charge in [-0.15, -0.1) is 0 Å². The first-order valence-electron chi connectivity index (χ1n) is 9.32. The summed E-state index contributed by atoms with van der Waals surface area (Å²) in [5, 5.41) is 3.97. The minimum absolute atomic E-state index is 0.0167. The molecule has 1 unspecified atom stereocenters. The lowest BCUT2D eigenvalue weighted by molar-refractivity contribution is -0.143. The molecule has 0 saturated carbocycles. The van der Waals surface area contributed by atoms with Crippen molar-refractivity contribution in [2.24, 2.45) is 5.92 Å². The van der Waals surface area contributed by atoms with Gasteiger partial charge in [-0.05, 0) is 49.2 Å². The van der Waals surface area contributed by atoms with Crippen LogP contribution in [0.5, 0.6) is 0 Å². The maximum Gasteiger partial charge on any atom is 0.324 e. The SMILES string of the molecule is COC(=O)C(NS(=O)(=O)c1ccc(-c2noc(-c3ccc(C)cc3)n2)cc1)C(C)C. The molecule has 30 heavy (non-hydrogen) atoms. The molecule has 0 amide bonds. The molecule has 0 bridgehead atoms. The van der Waals surface area contributed by atoms with Gasteiger partial charge in [0.1, 0.15) is 6.04 Å². The first kappa shape index (κ1) is 21.7. The Morgan fingerprint density at radius 3 is 2.20 bits per heavy atom. The van der Waals surface area contributed by atoms with E-state index in [9.17, 15) is 13.2 Å². The zero-order valence-electron chi connectivity index (χ0n) is 17.1. The average molecular weight is 429 g/mol. The zero-order valence-corrected chi connectivity index (χ0v) is 17.9. The maximum atomic E-state index is 12.7. The van der Waals surface area contributed by atoms with E-state index in [2.05, 4.69) is 19.6 Å².